The molecule has 166 valence electrons. The van der Waals surface area contributed by atoms with E-state index in [0.717, 1.165) is 17.5 Å². The van der Waals surface area contributed by atoms with Crippen LogP contribution in [0.3, 0.4) is 0 Å². The molecule has 0 saturated carbocycles. The summed E-state index contributed by atoms with van der Waals surface area (Å²) in [6, 6.07) is 19.9. The van der Waals surface area contributed by atoms with Crippen molar-refractivity contribution in [3.05, 3.63) is 95.1 Å². The summed E-state index contributed by atoms with van der Waals surface area (Å²) in [5.41, 5.74) is 3.40. The van der Waals surface area contributed by atoms with Crippen LogP contribution in [0.25, 0.3) is 0 Å². The van der Waals surface area contributed by atoms with Crippen molar-refractivity contribution in [3.63, 3.8) is 0 Å². The first-order valence-electron chi connectivity index (χ1n) is 10.3. The van der Waals surface area contributed by atoms with E-state index in [9.17, 15) is 18.0 Å². The first kappa shape index (κ1) is 23.2. The van der Waals surface area contributed by atoms with Gasteiger partial charge < -0.3 is 5.32 Å². The molecule has 0 aromatic heterocycles. The molecular formula is C25H26N2O4S. The minimum atomic E-state index is -3.81. The van der Waals surface area contributed by atoms with Gasteiger partial charge in [-0.25, -0.2) is 8.42 Å². The average Bonchev–Trinajstić information content (AvgIpc) is 2.78. The highest BCUT2D eigenvalue weighted by atomic mass is 32.2. The fourth-order valence-corrected chi connectivity index (χ4v) is 4.29. The SMILES string of the molecule is CCC(NC(=O)c1ccc(NS(=O)(=O)c2ccc(C(C)=O)cc2)cc1)c1ccc(C)cc1. The highest BCUT2D eigenvalue weighted by molar-refractivity contribution is 7.92. The van der Waals surface area contributed by atoms with Crippen molar-refractivity contribution in [3.8, 4) is 0 Å². The van der Waals surface area contributed by atoms with Gasteiger partial charge >= 0.3 is 0 Å². The Bertz CT molecular complexity index is 1200. The van der Waals surface area contributed by atoms with Crippen LogP contribution in [-0.4, -0.2) is 20.1 Å². The van der Waals surface area contributed by atoms with E-state index in [1.54, 1.807) is 24.3 Å². The standard InChI is InChI=1S/C25H26N2O4S/c1-4-24(20-7-5-17(2)6-8-20)26-25(29)21-9-13-22(14-10-21)27-32(30,31)23-15-11-19(12-16-23)18(3)28/h5-16,24,27H,4H2,1-3H3,(H,26,29). The van der Waals surface area contributed by atoms with Crippen LogP contribution in [0.4, 0.5) is 5.69 Å². The molecule has 0 saturated heterocycles. The van der Waals surface area contributed by atoms with Crippen LogP contribution in [0.2, 0.25) is 0 Å². The second-order valence-electron chi connectivity index (χ2n) is 7.61. The lowest BCUT2D eigenvalue weighted by Crippen LogP contribution is -2.28. The Labute approximate surface area is 188 Å². The normalized spacial score (nSPS) is 12.1. The first-order chi connectivity index (χ1) is 15.2. The van der Waals surface area contributed by atoms with Crippen molar-refractivity contribution in [2.24, 2.45) is 0 Å². The van der Waals surface area contributed by atoms with E-state index in [4.69, 9.17) is 0 Å². The van der Waals surface area contributed by atoms with Gasteiger partial charge in [0.1, 0.15) is 0 Å². The van der Waals surface area contributed by atoms with E-state index in [0.29, 0.717) is 16.8 Å². The lowest BCUT2D eigenvalue weighted by atomic mass is 10.0. The molecule has 0 spiro atoms. The Morgan fingerprint density at radius 1 is 0.844 bits per heavy atom. The summed E-state index contributed by atoms with van der Waals surface area (Å²) in [5.74, 6) is -0.366. The summed E-state index contributed by atoms with van der Waals surface area (Å²) >= 11 is 0. The zero-order valence-electron chi connectivity index (χ0n) is 18.3. The molecule has 3 rings (SSSR count). The van der Waals surface area contributed by atoms with Gasteiger partial charge in [-0.3, -0.25) is 14.3 Å². The maximum atomic E-state index is 12.7. The Balaban J connectivity index is 1.69. The van der Waals surface area contributed by atoms with Gasteiger partial charge in [0.05, 0.1) is 10.9 Å². The molecule has 0 aliphatic carbocycles. The zero-order valence-corrected chi connectivity index (χ0v) is 19.1. The monoisotopic (exact) mass is 450 g/mol. The Morgan fingerprint density at radius 3 is 1.94 bits per heavy atom. The van der Waals surface area contributed by atoms with Gasteiger partial charge in [0.25, 0.3) is 15.9 Å². The van der Waals surface area contributed by atoms with E-state index in [1.807, 2.05) is 38.1 Å². The minimum Gasteiger partial charge on any atom is -0.345 e. The number of nitrogens with one attached hydrogen (secondary N) is 2. The van der Waals surface area contributed by atoms with Crippen LogP contribution in [0.1, 0.15) is 58.2 Å². The van der Waals surface area contributed by atoms with Gasteiger partial charge in [-0.15, -0.1) is 0 Å². The molecule has 1 unspecified atom stereocenters. The van der Waals surface area contributed by atoms with Gasteiger partial charge in [-0.2, -0.15) is 0 Å². The third-order valence-corrected chi connectivity index (χ3v) is 6.56. The number of Topliss-reactive ketones (excluding diaryl/α,β-unsaturated/α-hetero) is 1. The van der Waals surface area contributed by atoms with Crippen LogP contribution in [-0.2, 0) is 10.0 Å². The molecule has 1 atom stereocenters. The lowest BCUT2D eigenvalue weighted by molar-refractivity contribution is 0.0934. The number of ketones is 1. The van der Waals surface area contributed by atoms with Crippen molar-refractivity contribution in [2.75, 3.05) is 4.72 Å². The Morgan fingerprint density at radius 2 is 1.41 bits per heavy atom. The van der Waals surface area contributed by atoms with E-state index < -0.39 is 10.0 Å². The molecule has 3 aromatic carbocycles. The van der Waals surface area contributed by atoms with Gasteiger partial charge in [0.2, 0.25) is 0 Å². The maximum absolute atomic E-state index is 12.7. The predicted molar refractivity (Wildman–Crippen MR) is 125 cm³/mol. The van der Waals surface area contributed by atoms with Crippen molar-refractivity contribution < 1.29 is 18.0 Å². The smallest absolute Gasteiger partial charge is 0.261 e. The Hall–Kier alpha value is -3.45. The van der Waals surface area contributed by atoms with Crippen molar-refractivity contribution in [1.82, 2.24) is 5.32 Å². The summed E-state index contributed by atoms with van der Waals surface area (Å²) in [7, 11) is -3.81. The number of sulfonamides is 1. The molecular weight excluding hydrogens is 424 g/mol. The topological polar surface area (TPSA) is 92.3 Å². The second kappa shape index (κ2) is 9.78. The molecule has 7 heteroatoms. The van der Waals surface area contributed by atoms with Crippen molar-refractivity contribution in [1.29, 1.82) is 0 Å². The highest BCUT2D eigenvalue weighted by Gasteiger charge is 2.17. The van der Waals surface area contributed by atoms with E-state index in [2.05, 4.69) is 10.0 Å². The second-order valence-corrected chi connectivity index (χ2v) is 9.29. The third kappa shape index (κ3) is 5.62. The number of aryl methyl sites for hydroxylation is 1. The zero-order chi connectivity index (χ0) is 23.3. The average molecular weight is 451 g/mol. The van der Waals surface area contributed by atoms with Gasteiger partial charge in [-0.05, 0) is 62.2 Å². The number of hydrogen-bond donors (Lipinski definition) is 2. The van der Waals surface area contributed by atoms with Gasteiger partial charge in [0, 0.05) is 16.8 Å². The summed E-state index contributed by atoms with van der Waals surface area (Å²) in [6.07, 6.45) is 0.745. The molecule has 6 nitrogen and oxygen atoms in total. The van der Waals surface area contributed by atoms with Crippen LogP contribution >= 0.6 is 0 Å². The van der Waals surface area contributed by atoms with E-state index in [1.165, 1.54) is 31.2 Å². The van der Waals surface area contributed by atoms with Crippen LogP contribution in [0.15, 0.2) is 77.7 Å². The van der Waals surface area contributed by atoms with Crippen LogP contribution in [0.5, 0.6) is 0 Å². The number of anilines is 1. The third-order valence-electron chi connectivity index (χ3n) is 5.16. The fraction of sp³-hybridized carbons (Fsp3) is 0.200. The number of carbonyl (C=O) groups excluding carboxylic acids is 2. The van der Waals surface area contributed by atoms with Crippen LogP contribution < -0.4 is 10.0 Å². The molecule has 0 heterocycles. The number of amides is 1. The summed E-state index contributed by atoms with van der Waals surface area (Å²) in [5, 5.41) is 3.02. The molecule has 2 N–H and O–H groups in total. The molecule has 32 heavy (non-hydrogen) atoms. The number of carbonyl (C=O) groups is 2. The quantitative estimate of drug-likeness (QED) is 0.479. The van der Waals surface area contributed by atoms with Gasteiger partial charge in [-0.1, -0.05) is 48.9 Å². The molecule has 0 aliphatic heterocycles. The fourth-order valence-electron chi connectivity index (χ4n) is 3.23. The highest BCUT2D eigenvalue weighted by Crippen LogP contribution is 2.20. The molecule has 0 radical (unpaired) electrons. The summed E-state index contributed by atoms with van der Waals surface area (Å²) in [4.78, 5) is 24.1. The predicted octanol–water partition coefficient (Wildman–Crippen LogP) is 4.88. The van der Waals surface area contributed by atoms with Gasteiger partial charge in [0.15, 0.2) is 5.78 Å². The number of benzene rings is 3. The van der Waals surface area contributed by atoms with E-state index in [-0.39, 0.29) is 22.6 Å². The molecule has 0 bridgehead atoms. The Kier molecular flexibility index (Phi) is 7.10. The van der Waals surface area contributed by atoms with Crippen LogP contribution in [0, 0.1) is 6.92 Å². The molecule has 0 fully saturated rings. The molecule has 3 aromatic rings. The molecule has 1 amide bonds. The summed E-state index contributed by atoms with van der Waals surface area (Å²) in [6.45, 7) is 5.44. The largest absolute Gasteiger partial charge is 0.345 e. The molecule has 0 aliphatic rings. The van der Waals surface area contributed by atoms with Crippen molar-refractivity contribution >= 4 is 27.4 Å². The maximum Gasteiger partial charge on any atom is 0.261 e. The first-order valence-corrected chi connectivity index (χ1v) is 11.8. The minimum absolute atomic E-state index is 0.0493. The summed E-state index contributed by atoms with van der Waals surface area (Å²) < 4.78 is 27.7. The number of hydrogen-bond acceptors (Lipinski definition) is 4. The van der Waals surface area contributed by atoms with Crippen molar-refractivity contribution in [2.45, 2.75) is 38.1 Å². The number of rotatable bonds is 8. The lowest BCUT2D eigenvalue weighted by Gasteiger charge is -2.18. The van der Waals surface area contributed by atoms with E-state index >= 15 is 0 Å².